The van der Waals surface area contributed by atoms with Gasteiger partial charge in [-0.3, -0.25) is 0 Å². The summed E-state index contributed by atoms with van der Waals surface area (Å²) in [6.07, 6.45) is 0.854. The van der Waals surface area contributed by atoms with Crippen molar-refractivity contribution < 1.29 is 53.1 Å². The number of nitrogens with one attached hydrogen (secondary N) is 4. The number of rotatable bonds is 8. The van der Waals surface area contributed by atoms with Crippen LogP contribution in [-0.2, 0) is 59.2 Å². The maximum atomic E-state index is 12.0. The molecule has 2 aromatic rings. The van der Waals surface area contributed by atoms with Gasteiger partial charge >= 0.3 is 19.5 Å². The van der Waals surface area contributed by atoms with Crippen LogP contribution in [0.1, 0.15) is 63.7 Å². The van der Waals surface area contributed by atoms with Gasteiger partial charge in [0.05, 0.1) is 11.5 Å². The average Bonchev–Trinajstić information content (AvgIpc) is 3.45. The predicted molar refractivity (Wildman–Crippen MR) is 156 cm³/mol. The maximum absolute atomic E-state index is 12.0. The van der Waals surface area contributed by atoms with Gasteiger partial charge in [0.2, 0.25) is 0 Å². The molecule has 2 unspecified atom stereocenters. The molecule has 0 aromatic carbocycles. The number of fused-ring (bicyclic) bond motifs is 2. The van der Waals surface area contributed by atoms with E-state index in [-0.39, 0.29) is 59.9 Å². The van der Waals surface area contributed by atoms with Crippen LogP contribution in [0.3, 0.4) is 0 Å². The van der Waals surface area contributed by atoms with Crippen LogP contribution >= 0.6 is 22.7 Å². The van der Waals surface area contributed by atoms with Gasteiger partial charge in [-0.2, -0.15) is 0 Å². The monoisotopic (exact) mass is 738 g/mol. The molecular weight excluding hydrogens is 706 g/mol. The number of sulfonamides is 2. The van der Waals surface area contributed by atoms with Gasteiger partial charge in [0.25, 0.3) is 0 Å². The van der Waals surface area contributed by atoms with E-state index in [1.54, 1.807) is 0 Å². The van der Waals surface area contributed by atoms with Gasteiger partial charge in [-0.15, -0.1) is 22.7 Å². The molecule has 0 radical (unpaired) electrons. The molecule has 4 heterocycles. The smallest absolute Gasteiger partial charge is 0.559 e. The van der Waals surface area contributed by atoms with Crippen molar-refractivity contribution in [1.29, 1.82) is 0 Å². The first-order valence-corrected chi connectivity index (χ1v) is 20.3. The van der Waals surface area contributed by atoms with Crippen LogP contribution in [0.4, 0.5) is 0 Å². The molecule has 41 heavy (non-hydrogen) atoms. The Morgan fingerprint density at radius 2 is 1.07 bits per heavy atom. The SMILES string of the molecule is CC(C)CNC1CCS(=O)(=O)c2sc(S([NH-])(=O)=O)cc21.CC(C)CNC1CCS(=O)(=O)c2sc(S([NH-])(=O)=O)cc21.[Zn+2]. The fourth-order valence-electron chi connectivity index (χ4n) is 4.19. The van der Waals surface area contributed by atoms with Crippen molar-refractivity contribution in [2.75, 3.05) is 24.6 Å². The van der Waals surface area contributed by atoms with Gasteiger partial charge in [0.1, 0.15) is 36.9 Å². The van der Waals surface area contributed by atoms with E-state index >= 15 is 0 Å². The minimum Gasteiger partial charge on any atom is -0.559 e. The Morgan fingerprint density at radius 3 is 1.34 bits per heavy atom. The third kappa shape index (κ3) is 9.33. The third-order valence-corrected chi connectivity index (χ3v) is 15.9. The van der Waals surface area contributed by atoms with Gasteiger partial charge < -0.3 is 20.9 Å². The Bertz CT molecular complexity index is 1540. The van der Waals surface area contributed by atoms with Crippen LogP contribution in [0.2, 0.25) is 0 Å². The number of sulfone groups is 2. The van der Waals surface area contributed by atoms with Crippen LogP contribution in [0.15, 0.2) is 29.0 Å². The minimum absolute atomic E-state index is 0. The van der Waals surface area contributed by atoms with Gasteiger partial charge in [0.15, 0.2) is 19.7 Å². The molecule has 12 nitrogen and oxygen atoms in total. The molecule has 2 atom stereocenters. The van der Waals surface area contributed by atoms with Crippen molar-refractivity contribution >= 4 is 62.4 Å². The molecule has 0 fully saturated rings. The molecule has 0 aliphatic carbocycles. The molecule has 228 valence electrons. The summed E-state index contributed by atoms with van der Waals surface area (Å²) in [5, 5.41) is 20.7. The van der Waals surface area contributed by atoms with Gasteiger partial charge in [-0.25, -0.2) is 33.7 Å². The Balaban J connectivity index is 0.000000280. The molecular formula is C22H34N4O8S6Zn. The molecule has 2 aliphatic heterocycles. The van der Waals surface area contributed by atoms with E-state index in [1.807, 2.05) is 27.7 Å². The minimum atomic E-state index is -4.13. The Kier molecular flexibility index (Phi) is 12.4. The molecule has 2 aromatic heterocycles. The van der Waals surface area contributed by atoms with Crippen molar-refractivity contribution in [1.82, 2.24) is 10.6 Å². The average molecular weight is 740 g/mol. The molecule has 2 aliphatic rings. The second kappa shape index (κ2) is 13.8. The summed E-state index contributed by atoms with van der Waals surface area (Å²) in [5.41, 5.74) is 0.987. The zero-order valence-electron chi connectivity index (χ0n) is 23.1. The molecule has 4 N–H and O–H groups in total. The van der Waals surface area contributed by atoms with Crippen LogP contribution in [0, 0.1) is 11.8 Å². The summed E-state index contributed by atoms with van der Waals surface area (Å²) in [6.45, 7) is 9.62. The van der Waals surface area contributed by atoms with E-state index in [4.69, 9.17) is 10.3 Å². The summed E-state index contributed by atoms with van der Waals surface area (Å²) in [4.78, 5) is 0. The van der Waals surface area contributed by atoms with Crippen LogP contribution in [0.5, 0.6) is 0 Å². The third-order valence-electron chi connectivity index (χ3n) is 6.15. The van der Waals surface area contributed by atoms with Crippen molar-refractivity contribution in [3.63, 3.8) is 0 Å². The van der Waals surface area contributed by atoms with E-state index in [0.29, 0.717) is 58.5 Å². The predicted octanol–water partition coefficient (Wildman–Crippen LogP) is 3.90. The summed E-state index contributed by atoms with van der Waals surface area (Å²) >= 11 is 1.37. The first-order valence-electron chi connectivity index (χ1n) is 12.4. The Morgan fingerprint density at radius 1 is 0.756 bits per heavy atom. The van der Waals surface area contributed by atoms with E-state index in [1.165, 1.54) is 12.1 Å². The van der Waals surface area contributed by atoms with E-state index < -0.39 is 39.7 Å². The quantitative estimate of drug-likeness (QED) is 0.373. The fourth-order valence-corrected chi connectivity index (χ4v) is 12.5. The number of hydrogen-bond donors (Lipinski definition) is 2. The van der Waals surface area contributed by atoms with Crippen molar-refractivity contribution in [3.05, 3.63) is 33.5 Å². The first-order chi connectivity index (χ1) is 18.2. The number of thiophene rings is 2. The Labute approximate surface area is 263 Å². The fraction of sp³-hybridized carbons (Fsp3) is 0.636. The second-order valence-corrected chi connectivity index (χ2v) is 20.7. The van der Waals surface area contributed by atoms with Crippen LogP contribution in [-0.4, -0.2) is 58.3 Å². The van der Waals surface area contributed by atoms with Crippen LogP contribution in [0.25, 0.3) is 10.3 Å². The van der Waals surface area contributed by atoms with Gasteiger partial charge in [0, 0.05) is 12.1 Å². The van der Waals surface area contributed by atoms with Crippen molar-refractivity contribution in [2.24, 2.45) is 11.8 Å². The maximum Gasteiger partial charge on any atom is 2.00 e. The molecule has 0 amide bonds. The van der Waals surface area contributed by atoms with Gasteiger partial charge in [-0.1, -0.05) is 27.7 Å². The normalized spacial score (nSPS) is 21.4. The summed E-state index contributed by atoms with van der Waals surface area (Å²) in [7, 11) is -15.1. The molecule has 0 saturated carbocycles. The summed E-state index contributed by atoms with van der Waals surface area (Å²) < 4.78 is 93.1. The van der Waals surface area contributed by atoms with Crippen molar-refractivity contribution in [3.8, 4) is 0 Å². The Hall–Kier alpha value is -0.337. The number of hydrogen-bond acceptors (Lipinski definition) is 12. The van der Waals surface area contributed by atoms with Crippen LogP contribution < -0.4 is 10.6 Å². The summed E-state index contributed by atoms with van der Waals surface area (Å²) in [6, 6.07) is 2.33. The molecule has 19 heteroatoms. The van der Waals surface area contributed by atoms with E-state index in [0.717, 1.165) is 13.1 Å². The molecule has 4 rings (SSSR count). The second-order valence-electron chi connectivity index (χ2n) is 10.5. The topological polar surface area (TPSA) is 208 Å². The van der Waals surface area contributed by atoms with Gasteiger partial charge in [-0.05, 0) is 61.0 Å². The van der Waals surface area contributed by atoms with E-state index in [9.17, 15) is 33.7 Å². The molecule has 0 spiro atoms. The molecule has 0 saturated heterocycles. The zero-order valence-corrected chi connectivity index (χ0v) is 31.0. The first kappa shape index (κ1) is 36.9. The van der Waals surface area contributed by atoms with E-state index in [2.05, 4.69) is 10.6 Å². The summed E-state index contributed by atoms with van der Waals surface area (Å²) in [5.74, 6) is 0.839. The van der Waals surface area contributed by atoms with Crippen molar-refractivity contribution in [2.45, 2.75) is 69.5 Å². The largest absolute Gasteiger partial charge is 2.00 e. The molecule has 0 bridgehead atoms. The zero-order chi connectivity index (χ0) is 30.3. The standard InChI is InChI=1S/2C11H17N2O4S3.Zn/c2*1-7(2)6-13-9-3-4-19(14,15)11-8(9)5-10(18-11)20(12,16)17;/h2*5,7,9,13H,3-4,6H2,1-2H3,(H-,12,16,17);/q2*-1;+2.